The summed E-state index contributed by atoms with van der Waals surface area (Å²) in [6.07, 6.45) is 1.73. The van der Waals surface area contributed by atoms with Gasteiger partial charge in [-0.25, -0.2) is 0 Å². The van der Waals surface area contributed by atoms with E-state index in [9.17, 15) is 15.3 Å². The maximum Gasteiger partial charge on any atom is 0.161 e. The van der Waals surface area contributed by atoms with Crippen molar-refractivity contribution in [1.29, 1.82) is 5.41 Å². The van der Waals surface area contributed by atoms with Crippen LogP contribution in [0.1, 0.15) is 50.2 Å². The lowest BCUT2D eigenvalue weighted by molar-refractivity contribution is -0.116. The highest BCUT2D eigenvalue weighted by Gasteiger charge is 2.44. The molecule has 3 aromatic carbocycles. The van der Waals surface area contributed by atoms with Crippen LogP contribution in [-0.2, 0) is 4.79 Å². The highest BCUT2D eigenvalue weighted by molar-refractivity contribution is 6.20. The van der Waals surface area contributed by atoms with E-state index < -0.39 is 5.92 Å². The molecule has 0 aromatic heterocycles. The van der Waals surface area contributed by atoms with E-state index in [2.05, 4.69) is 30.9 Å². The van der Waals surface area contributed by atoms with Crippen molar-refractivity contribution in [3.63, 3.8) is 0 Å². The van der Waals surface area contributed by atoms with Gasteiger partial charge in [0.2, 0.25) is 0 Å². The van der Waals surface area contributed by atoms with Crippen molar-refractivity contribution in [2.24, 2.45) is 0 Å². The number of allylic oxidation sites excluding steroid dienone is 2. The second-order valence-corrected chi connectivity index (χ2v) is 10.2. The topological polar surface area (TPSA) is 86.1 Å². The number of rotatable bonds is 8. The Balaban J connectivity index is 1.80. The average molecular weight is 552 g/mol. The van der Waals surface area contributed by atoms with Gasteiger partial charge in [-0.2, -0.15) is 0 Å². The zero-order valence-electron chi connectivity index (χ0n) is 24.1. The van der Waals surface area contributed by atoms with E-state index in [1.54, 1.807) is 31.3 Å². The molecule has 0 spiro atoms. The minimum absolute atomic E-state index is 0.0230. The minimum atomic E-state index is -0.593. The summed E-state index contributed by atoms with van der Waals surface area (Å²) in [7, 11) is 3.17. The van der Waals surface area contributed by atoms with Crippen molar-refractivity contribution in [3.05, 3.63) is 101 Å². The molecule has 1 aliphatic carbocycles. The molecule has 1 heterocycles. The Morgan fingerprint density at radius 1 is 0.976 bits per heavy atom. The highest BCUT2D eigenvalue weighted by Crippen LogP contribution is 2.50. The smallest absolute Gasteiger partial charge is 0.161 e. The van der Waals surface area contributed by atoms with Crippen molar-refractivity contribution in [2.75, 3.05) is 37.1 Å². The van der Waals surface area contributed by atoms with Gasteiger partial charge in [0.05, 0.1) is 19.9 Å². The second kappa shape index (κ2) is 11.9. The molecule has 0 fully saturated rings. The molecule has 0 amide bonds. The Bertz CT molecular complexity index is 1500. The average Bonchev–Trinajstić information content (AvgIpc) is 3.01. The lowest BCUT2D eigenvalue weighted by Gasteiger charge is -2.42. The molecule has 1 unspecified atom stereocenters. The summed E-state index contributed by atoms with van der Waals surface area (Å²) in [4.78, 5) is 17.9. The van der Waals surface area contributed by atoms with Crippen LogP contribution in [-0.4, -0.2) is 44.0 Å². The molecule has 5 rings (SSSR count). The van der Waals surface area contributed by atoms with Gasteiger partial charge in [0, 0.05) is 59.6 Å². The summed E-state index contributed by atoms with van der Waals surface area (Å²) in [6.45, 7) is 6.01. The third kappa shape index (κ3) is 5.08. The van der Waals surface area contributed by atoms with E-state index in [0.717, 1.165) is 30.0 Å². The number of ketones is 1. The summed E-state index contributed by atoms with van der Waals surface area (Å²) < 4.78 is 11.2. The van der Waals surface area contributed by atoms with Gasteiger partial charge in [0.25, 0.3) is 0 Å². The number of amidine groups is 1. The van der Waals surface area contributed by atoms with Crippen molar-refractivity contribution in [1.82, 2.24) is 0 Å². The molecule has 1 atom stereocenters. The van der Waals surface area contributed by atoms with Crippen molar-refractivity contribution < 1.29 is 19.4 Å². The number of carbonyl (C=O) groups excluding carboxylic acids is 1. The minimum Gasteiger partial charge on any atom is -0.507 e. The van der Waals surface area contributed by atoms with E-state index in [4.69, 9.17) is 9.47 Å². The number of carbonyl (C=O) groups is 1. The lowest BCUT2D eigenvalue weighted by Crippen LogP contribution is -2.42. The van der Waals surface area contributed by atoms with Crippen molar-refractivity contribution in [2.45, 2.75) is 39.0 Å². The fraction of sp³-hybridized carbons (Fsp3) is 0.294. The van der Waals surface area contributed by atoms with Gasteiger partial charge in [-0.05, 0) is 56.5 Å². The molecule has 2 aliphatic rings. The predicted molar refractivity (Wildman–Crippen MR) is 164 cm³/mol. The van der Waals surface area contributed by atoms with Gasteiger partial charge in [0.15, 0.2) is 5.78 Å². The number of hydrogen-bond acceptors (Lipinski definition) is 6. The number of aliphatic hydroxyl groups excluding tert-OH is 1. The van der Waals surface area contributed by atoms with E-state index in [0.29, 0.717) is 53.2 Å². The third-order valence-corrected chi connectivity index (χ3v) is 8.04. The van der Waals surface area contributed by atoms with Crippen LogP contribution >= 0.6 is 0 Å². The molecule has 41 heavy (non-hydrogen) atoms. The van der Waals surface area contributed by atoms with Gasteiger partial charge in [-0.15, -0.1) is 0 Å². The summed E-state index contributed by atoms with van der Waals surface area (Å²) in [5.41, 5.74) is 4.89. The Labute approximate surface area is 241 Å². The number of methoxy groups -OCH3 is 2. The van der Waals surface area contributed by atoms with Crippen LogP contribution in [0, 0.1) is 5.41 Å². The molecule has 7 heteroatoms. The predicted octanol–water partition coefficient (Wildman–Crippen LogP) is 7.11. The number of nitrogens with zero attached hydrogens (tertiary/aromatic N) is 2. The first-order valence-corrected chi connectivity index (χ1v) is 14.1. The van der Waals surface area contributed by atoms with Crippen LogP contribution in [0.2, 0.25) is 0 Å². The lowest BCUT2D eigenvalue weighted by atomic mass is 9.73. The molecule has 3 aromatic rings. The summed E-state index contributed by atoms with van der Waals surface area (Å²) in [6, 6.07) is 22.8. The number of benzene rings is 3. The van der Waals surface area contributed by atoms with Gasteiger partial charge in [-0.1, -0.05) is 42.5 Å². The normalized spacial score (nSPS) is 18.2. The Morgan fingerprint density at radius 2 is 1.68 bits per heavy atom. The number of anilines is 2. The fourth-order valence-electron chi connectivity index (χ4n) is 5.98. The maximum atomic E-state index is 13.8. The summed E-state index contributed by atoms with van der Waals surface area (Å²) >= 11 is 0. The molecular weight excluding hydrogens is 514 g/mol. The van der Waals surface area contributed by atoms with Crippen LogP contribution in [0.3, 0.4) is 0 Å². The van der Waals surface area contributed by atoms with Crippen LogP contribution in [0.5, 0.6) is 11.5 Å². The Morgan fingerprint density at radius 3 is 2.32 bits per heavy atom. The zero-order valence-corrected chi connectivity index (χ0v) is 24.1. The Kier molecular flexibility index (Phi) is 8.15. The first kappa shape index (κ1) is 28.0. The molecule has 1 aliphatic heterocycles. The summed E-state index contributed by atoms with van der Waals surface area (Å²) in [5.74, 6) is 0.658. The summed E-state index contributed by atoms with van der Waals surface area (Å²) in [5, 5.41) is 21.5. The number of nitrogens with one attached hydrogen (secondary N) is 1. The number of hydrogen-bond donors (Lipinski definition) is 2. The highest BCUT2D eigenvalue weighted by atomic mass is 16.5. The molecule has 212 valence electrons. The van der Waals surface area contributed by atoms with Crippen LogP contribution in [0.4, 0.5) is 11.4 Å². The maximum absolute atomic E-state index is 13.8. The van der Waals surface area contributed by atoms with Gasteiger partial charge in [0.1, 0.15) is 23.1 Å². The molecule has 0 radical (unpaired) electrons. The van der Waals surface area contributed by atoms with Crippen LogP contribution in [0.15, 0.2) is 89.6 Å². The third-order valence-electron chi connectivity index (χ3n) is 8.04. The van der Waals surface area contributed by atoms with Gasteiger partial charge < -0.3 is 19.5 Å². The van der Waals surface area contributed by atoms with Crippen molar-refractivity contribution >= 4 is 28.8 Å². The quantitative estimate of drug-likeness (QED) is 0.290. The standard InChI is InChI=1S/C34H37N3O4/c1-5-36(6-2)24-17-15-22(16-18-24)30-31-26(13-10-14-28(31)38)37(27-21-25(40-3)19-20-29(27)41-4)34(35)32(30)33(39)23-11-8-7-9-12-23/h7-9,11-12,15-21,30,35,39H,5-6,10,13-14H2,1-4H3/b33-32+,35-34?. The fourth-order valence-corrected chi connectivity index (χ4v) is 5.98. The number of aliphatic hydroxyl groups is 1. The molecule has 2 N–H and O–H groups in total. The molecule has 7 nitrogen and oxygen atoms in total. The zero-order chi connectivity index (χ0) is 29.1. The SMILES string of the molecule is CCN(CC)c1ccc(C2C3=C(CCCC3=O)N(c3cc(OC)ccc3OC)C(=N)/C2=C(/O)c2ccccc2)cc1. The van der Waals surface area contributed by atoms with E-state index in [-0.39, 0.29) is 17.4 Å². The van der Waals surface area contributed by atoms with Crippen LogP contribution in [0.25, 0.3) is 5.76 Å². The van der Waals surface area contributed by atoms with E-state index in [1.807, 2.05) is 48.5 Å². The largest absolute Gasteiger partial charge is 0.507 e. The van der Waals surface area contributed by atoms with Crippen molar-refractivity contribution in [3.8, 4) is 11.5 Å². The number of Topliss-reactive ketones (excluding diaryl/α,β-unsaturated/α-hetero) is 1. The van der Waals surface area contributed by atoms with E-state index >= 15 is 0 Å². The van der Waals surface area contributed by atoms with Gasteiger partial charge >= 0.3 is 0 Å². The molecule has 0 bridgehead atoms. The first-order valence-electron chi connectivity index (χ1n) is 14.1. The molecule has 0 saturated heterocycles. The monoisotopic (exact) mass is 551 g/mol. The number of ether oxygens (including phenoxy) is 2. The van der Waals surface area contributed by atoms with Gasteiger partial charge in [-0.3, -0.25) is 15.1 Å². The van der Waals surface area contributed by atoms with E-state index in [1.165, 1.54) is 0 Å². The molecule has 0 saturated carbocycles. The first-order chi connectivity index (χ1) is 19.9. The Hall–Kier alpha value is -4.52. The second-order valence-electron chi connectivity index (χ2n) is 10.2. The van der Waals surface area contributed by atoms with Crippen LogP contribution < -0.4 is 19.3 Å². The molecular formula is C34H37N3O4.